The molecule has 0 radical (unpaired) electrons. The van der Waals surface area contributed by atoms with E-state index in [1.165, 1.54) is 17.1 Å². The van der Waals surface area contributed by atoms with Gasteiger partial charge in [-0.05, 0) is 37.5 Å². The summed E-state index contributed by atoms with van der Waals surface area (Å²) in [4.78, 5) is 52.9. The first-order valence-corrected chi connectivity index (χ1v) is 8.68. The molecule has 0 spiro atoms. The molecule has 3 rings (SSSR count). The van der Waals surface area contributed by atoms with E-state index in [0.29, 0.717) is 6.54 Å². The van der Waals surface area contributed by atoms with Gasteiger partial charge >= 0.3 is 5.97 Å². The third-order valence-corrected chi connectivity index (χ3v) is 5.10. The summed E-state index contributed by atoms with van der Waals surface area (Å²) in [6.07, 6.45) is 5.47. The number of hydrogen-bond donors (Lipinski definition) is 1. The molecule has 0 aromatic carbocycles. The minimum absolute atomic E-state index is 0.154. The van der Waals surface area contributed by atoms with Crippen LogP contribution in [-0.2, 0) is 24.0 Å². The molecule has 3 amide bonds. The molecule has 136 valence electrons. The van der Waals surface area contributed by atoms with Crippen LogP contribution in [-0.4, -0.2) is 51.5 Å². The molecule has 8 nitrogen and oxygen atoms in total. The van der Waals surface area contributed by atoms with E-state index in [1.54, 1.807) is 0 Å². The highest BCUT2D eigenvalue weighted by molar-refractivity contribution is 6.12. The highest BCUT2D eigenvalue weighted by atomic mass is 16.7. The Balaban J connectivity index is 1.40. The van der Waals surface area contributed by atoms with Crippen molar-refractivity contribution in [1.29, 1.82) is 0 Å². The number of imide groups is 1. The fraction of sp³-hybridized carbons (Fsp3) is 0.647. The third kappa shape index (κ3) is 4.07. The lowest BCUT2D eigenvalue weighted by Crippen LogP contribution is -2.37. The fourth-order valence-corrected chi connectivity index (χ4v) is 3.63. The van der Waals surface area contributed by atoms with E-state index in [1.807, 2.05) is 0 Å². The zero-order valence-corrected chi connectivity index (χ0v) is 13.9. The molecule has 1 saturated heterocycles. The summed E-state index contributed by atoms with van der Waals surface area (Å²) in [6.45, 7) is 0.427. The lowest BCUT2D eigenvalue weighted by atomic mass is 9.80. The number of rotatable bonds is 5. The second-order valence-corrected chi connectivity index (χ2v) is 6.91. The summed E-state index contributed by atoms with van der Waals surface area (Å²) in [5, 5.41) is 10.4. The maximum Gasteiger partial charge on any atom is 0.332 e. The molecule has 0 aromatic rings. The number of aliphatic hydroxyl groups excluding tert-OH is 1. The molecule has 2 fully saturated rings. The summed E-state index contributed by atoms with van der Waals surface area (Å²) in [7, 11) is 0. The molecule has 1 N–H and O–H groups in total. The zero-order valence-electron chi connectivity index (χ0n) is 13.9. The first kappa shape index (κ1) is 17.6. The summed E-state index contributed by atoms with van der Waals surface area (Å²) >= 11 is 0. The van der Waals surface area contributed by atoms with Gasteiger partial charge in [0.15, 0.2) is 6.23 Å². The van der Waals surface area contributed by atoms with Gasteiger partial charge in [-0.3, -0.25) is 19.3 Å². The highest BCUT2D eigenvalue weighted by Crippen LogP contribution is 2.32. The minimum Gasteiger partial charge on any atom is -0.370 e. The Morgan fingerprint density at radius 2 is 1.64 bits per heavy atom. The van der Waals surface area contributed by atoms with Gasteiger partial charge in [-0.2, -0.15) is 0 Å². The van der Waals surface area contributed by atoms with Gasteiger partial charge in [0.25, 0.3) is 17.7 Å². The van der Waals surface area contributed by atoms with Crippen molar-refractivity contribution in [2.24, 2.45) is 11.8 Å². The minimum atomic E-state index is -1.05. The van der Waals surface area contributed by atoms with Crippen LogP contribution in [0.4, 0.5) is 0 Å². The standard InChI is InChI=1S/C17H22N2O6/c20-13-5-6-14(21)18(13)10-12-3-1-11(2-4-12)9-17(24)25-19-15(22)7-8-16(19)23/h5-6,11-12,15,22H,1-4,7-10H2. The normalized spacial score (nSPS) is 29.6. The van der Waals surface area contributed by atoms with Crippen molar-refractivity contribution in [3.63, 3.8) is 0 Å². The maximum atomic E-state index is 12.0. The number of amides is 3. The Bertz CT molecular complexity index is 590. The molecule has 2 aliphatic heterocycles. The van der Waals surface area contributed by atoms with Crippen LogP contribution in [0.25, 0.3) is 0 Å². The van der Waals surface area contributed by atoms with Crippen molar-refractivity contribution in [3.8, 4) is 0 Å². The van der Waals surface area contributed by atoms with Crippen molar-refractivity contribution in [2.75, 3.05) is 6.54 Å². The topological polar surface area (TPSA) is 104 Å². The van der Waals surface area contributed by atoms with Crippen LogP contribution < -0.4 is 0 Å². The van der Waals surface area contributed by atoms with E-state index in [4.69, 9.17) is 4.84 Å². The average Bonchev–Trinajstić information content (AvgIpc) is 3.06. The second kappa shape index (κ2) is 7.35. The third-order valence-electron chi connectivity index (χ3n) is 5.10. The first-order valence-electron chi connectivity index (χ1n) is 8.68. The maximum absolute atomic E-state index is 12.0. The van der Waals surface area contributed by atoms with Gasteiger partial charge in [0.2, 0.25) is 0 Å². The summed E-state index contributed by atoms with van der Waals surface area (Å²) in [6, 6.07) is 0. The largest absolute Gasteiger partial charge is 0.370 e. The predicted molar refractivity (Wildman–Crippen MR) is 84.1 cm³/mol. The Labute approximate surface area is 145 Å². The van der Waals surface area contributed by atoms with Gasteiger partial charge in [-0.25, -0.2) is 4.79 Å². The molecule has 1 saturated carbocycles. The Morgan fingerprint density at radius 3 is 2.20 bits per heavy atom. The van der Waals surface area contributed by atoms with E-state index < -0.39 is 12.2 Å². The number of carbonyl (C=O) groups is 4. The average molecular weight is 350 g/mol. The number of aliphatic hydroxyl groups is 1. The number of hydroxylamine groups is 2. The van der Waals surface area contributed by atoms with Crippen LogP contribution in [0, 0.1) is 11.8 Å². The molecule has 0 aromatic heterocycles. The predicted octanol–water partition coefficient (Wildman–Crippen LogP) is 0.507. The summed E-state index contributed by atoms with van der Waals surface area (Å²) in [5.74, 6) is -0.997. The number of hydrogen-bond acceptors (Lipinski definition) is 6. The van der Waals surface area contributed by atoms with Crippen molar-refractivity contribution >= 4 is 23.7 Å². The molecule has 3 aliphatic rings. The van der Waals surface area contributed by atoms with E-state index in [0.717, 1.165) is 30.7 Å². The first-order chi connectivity index (χ1) is 11.9. The molecule has 0 bridgehead atoms. The lowest BCUT2D eigenvalue weighted by Gasteiger charge is -2.30. The van der Waals surface area contributed by atoms with Crippen LogP contribution in [0.3, 0.4) is 0 Å². The van der Waals surface area contributed by atoms with Crippen molar-refractivity contribution in [3.05, 3.63) is 12.2 Å². The monoisotopic (exact) mass is 350 g/mol. The molecular weight excluding hydrogens is 328 g/mol. The zero-order chi connectivity index (χ0) is 18.0. The molecule has 1 atom stereocenters. The summed E-state index contributed by atoms with van der Waals surface area (Å²) < 4.78 is 0. The van der Waals surface area contributed by atoms with Crippen molar-refractivity contribution < 1.29 is 29.1 Å². The quantitative estimate of drug-likeness (QED) is 0.725. The van der Waals surface area contributed by atoms with E-state index in [9.17, 15) is 24.3 Å². The van der Waals surface area contributed by atoms with Gasteiger partial charge in [0.1, 0.15) is 0 Å². The second-order valence-electron chi connectivity index (χ2n) is 6.91. The molecule has 2 heterocycles. The highest BCUT2D eigenvalue weighted by Gasteiger charge is 2.34. The van der Waals surface area contributed by atoms with Gasteiger partial charge in [0.05, 0.1) is 6.42 Å². The summed E-state index contributed by atoms with van der Waals surface area (Å²) in [5.41, 5.74) is 0. The Hall–Kier alpha value is -2.22. The smallest absolute Gasteiger partial charge is 0.332 e. The van der Waals surface area contributed by atoms with Crippen molar-refractivity contribution in [2.45, 2.75) is 51.2 Å². The number of nitrogens with zero attached hydrogens (tertiary/aromatic N) is 2. The van der Waals surface area contributed by atoms with Crippen LogP contribution in [0.1, 0.15) is 44.9 Å². The molecular formula is C17H22N2O6. The number of carbonyl (C=O) groups excluding carboxylic acids is 4. The van der Waals surface area contributed by atoms with Gasteiger partial charge in [-0.15, -0.1) is 5.06 Å². The lowest BCUT2D eigenvalue weighted by molar-refractivity contribution is -0.221. The van der Waals surface area contributed by atoms with Crippen LogP contribution >= 0.6 is 0 Å². The molecule has 8 heteroatoms. The van der Waals surface area contributed by atoms with Gasteiger partial charge < -0.3 is 9.94 Å². The fourth-order valence-electron chi connectivity index (χ4n) is 3.63. The van der Waals surface area contributed by atoms with E-state index in [2.05, 4.69) is 0 Å². The van der Waals surface area contributed by atoms with E-state index in [-0.39, 0.29) is 48.8 Å². The van der Waals surface area contributed by atoms with Crippen LogP contribution in [0.15, 0.2) is 12.2 Å². The molecule has 1 unspecified atom stereocenters. The Morgan fingerprint density at radius 1 is 1.04 bits per heavy atom. The van der Waals surface area contributed by atoms with Gasteiger partial charge in [0, 0.05) is 31.5 Å². The van der Waals surface area contributed by atoms with E-state index >= 15 is 0 Å². The Kier molecular flexibility index (Phi) is 5.17. The van der Waals surface area contributed by atoms with Crippen LogP contribution in [0.5, 0.6) is 0 Å². The SMILES string of the molecule is O=C(CC1CCC(CN2C(=O)C=CC2=O)CC1)ON1C(=O)CCC1O. The molecule has 25 heavy (non-hydrogen) atoms. The van der Waals surface area contributed by atoms with Gasteiger partial charge in [-0.1, -0.05) is 0 Å². The molecule has 1 aliphatic carbocycles. The van der Waals surface area contributed by atoms with Crippen molar-refractivity contribution in [1.82, 2.24) is 9.96 Å². The van der Waals surface area contributed by atoms with Crippen LogP contribution in [0.2, 0.25) is 0 Å².